The Balaban J connectivity index is 1.91. The van der Waals surface area contributed by atoms with Crippen LogP contribution >= 0.6 is 0 Å². The van der Waals surface area contributed by atoms with Crippen LogP contribution in [0.4, 0.5) is 5.82 Å². The van der Waals surface area contributed by atoms with Crippen molar-refractivity contribution in [2.75, 3.05) is 11.9 Å². The summed E-state index contributed by atoms with van der Waals surface area (Å²) in [7, 11) is 0. The molecule has 3 rings (SSSR count). The molecule has 1 aliphatic heterocycles. The van der Waals surface area contributed by atoms with Crippen LogP contribution in [0.3, 0.4) is 0 Å². The number of carbonyl (C=O) groups excluding carboxylic acids is 1. The van der Waals surface area contributed by atoms with Gasteiger partial charge in [-0.25, -0.2) is 4.68 Å². The molecule has 0 unspecified atom stereocenters. The summed E-state index contributed by atoms with van der Waals surface area (Å²) < 4.78 is 1.96. The van der Waals surface area contributed by atoms with E-state index in [1.165, 1.54) is 18.4 Å². The molecule has 0 saturated heterocycles. The fourth-order valence-electron chi connectivity index (χ4n) is 3.71. The van der Waals surface area contributed by atoms with Crippen molar-refractivity contribution < 1.29 is 4.79 Å². The Morgan fingerprint density at radius 1 is 1.39 bits per heavy atom. The SMILES string of the molecule is CC(=O)c1cnn2c1NC[C@@H](C1=CCCCC=C1)CC(C)(C)C2. The minimum absolute atomic E-state index is 0.0715. The fourth-order valence-corrected chi connectivity index (χ4v) is 3.71. The lowest BCUT2D eigenvalue weighted by molar-refractivity contribution is 0.101. The number of ketones is 1. The Morgan fingerprint density at radius 2 is 2.22 bits per heavy atom. The highest BCUT2D eigenvalue weighted by molar-refractivity contribution is 5.98. The molecule has 124 valence electrons. The molecule has 1 atom stereocenters. The number of aromatic nitrogens is 2. The molecule has 1 aromatic heterocycles. The summed E-state index contributed by atoms with van der Waals surface area (Å²) in [5.74, 6) is 1.43. The molecule has 0 radical (unpaired) electrons. The number of anilines is 1. The number of fused-ring (bicyclic) bond motifs is 1. The summed E-state index contributed by atoms with van der Waals surface area (Å²) >= 11 is 0. The second kappa shape index (κ2) is 6.34. The van der Waals surface area contributed by atoms with Gasteiger partial charge in [0.25, 0.3) is 0 Å². The molecule has 0 spiro atoms. The summed E-state index contributed by atoms with van der Waals surface area (Å²) in [5, 5.41) is 7.94. The van der Waals surface area contributed by atoms with Crippen LogP contribution in [0, 0.1) is 11.3 Å². The van der Waals surface area contributed by atoms with Crippen LogP contribution in [0.5, 0.6) is 0 Å². The zero-order chi connectivity index (χ0) is 16.4. The molecule has 0 bridgehead atoms. The van der Waals surface area contributed by atoms with E-state index in [0.717, 1.165) is 31.7 Å². The quantitative estimate of drug-likeness (QED) is 0.832. The first-order chi connectivity index (χ1) is 11.0. The van der Waals surface area contributed by atoms with Crippen molar-refractivity contribution in [2.24, 2.45) is 11.3 Å². The van der Waals surface area contributed by atoms with Gasteiger partial charge < -0.3 is 5.32 Å². The van der Waals surface area contributed by atoms with Crippen LogP contribution in [-0.4, -0.2) is 22.1 Å². The van der Waals surface area contributed by atoms with Gasteiger partial charge in [-0.1, -0.05) is 32.1 Å². The van der Waals surface area contributed by atoms with Gasteiger partial charge in [0.15, 0.2) is 5.78 Å². The molecule has 23 heavy (non-hydrogen) atoms. The van der Waals surface area contributed by atoms with E-state index in [1.807, 2.05) is 4.68 Å². The highest BCUT2D eigenvalue weighted by atomic mass is 16.1. The number of rotatable bonds is 2. The molecule has 2 aliphatic rings. The minimum atomic E-state index is 0.0715. The van der Waals surface area contributed by atoms with Gasteiger partial charge in [0, 0.05) is 19.0 Å². The van der Waals surface area contributed by atoms with Crippen molar-refractivity contribution in [2.45, 2.75) is 53.0 Å². The molecular formula is C19H27N3O. The van der Waals surface area contributed by atoms with Gasteiger partial charge in [-0.05, 0) is 43.6 Å². The van der Waals surface area contributed by atoms with E-state index >= 15 is 0 Å². The Kier molecular flexibility index (Phi) is 4.42. The molecule has 4 heteroatoms. The summed E-state index contributed by atoms with van der Waals surface area (Å²) in [6.45, 7) is 7.88. The van der Waals surface area contributed by atoms with E-state index in [0.29, 0.717) is 11.5 Å². The maximum Gasteiger partial charge on any atom is 0.165 e. The highest BCUT2D eigenvalue weighted by Gasteiger charge is 2.30. The molecule has 1 N–H and O–H groups in total. The Labute approximate surface area is 138 Å². The third kappa shape index (κ3) is 3.57. The van der Waals surface area contributed by atoms with Crippen molar-refractivity contribution in [3.63, 3.8) is 0 Å². The van der Waals surface area contributed by atoms with Crippen molar-refractivity contribution >= 4 is 11.6 Å². The van der Waals surface area contributed by atoms with E-state index in [2.05, 4.69) is 42.5 Å². The maximum atomic E-state index is 11.9. The first kappa shape index (κ1) is 16.0. The highest BCUT2D eigenvalue weighted by Crippen LogP contribution is 2.36. The number of hydrogen-bond donors (Lipinski definition) is 1. The smallest absolute Gasteiger partial charge is 0.165 e. The number of nitrogens with one attached hydrogen (secondary N) is 1. The molecule has 4 nitrogen and oxygen atoms in total. The lowest BCUT2D eigenvalue weighted by Gasteiger charge is -2.34. The predicted molar refractivity (Wildman–Crippen MR) is 93.7 cm³/mol. The molecule has 2 heterocycles. The lowest BCUT2D eigenvalue weighted by Crippen LogP contribution is -2.32. The average molecular weight is 313 g/mol. The van der Waals surface area contributed by atoms with Gasteiger partial charge >= 0.3 is 0 Å². The molecule has 1 aromatic rings. The van der Waals surface area contributed by atoms with Gasteiger partial charge in [0.05, 0.1) is 11.8 Å². The summed E-state index contributed by atoms with van der Waals surface area (Å²) in [5.41, 5.74) is 2.29. The minimum Gasteiger partial charge on any atom is -0.369 e. The van der Waals surface area contributed by atoms with Crippen LogP contribution in [0.1, 0.15) is 56.8 Å². The van der Waals surface area contributed by atoms with Crippen LogP contribution in [-0.2, 0) is 6.54 Å². The van der Waals surface area contributed by atoms with E-state index < -0.39 is 0 Å². The van der Waals surface area contributed by atoms with Crippen LogP contribution in [0.25, 0.3) is 0 Å². The second-order valence-corrected chi connectivity index (χ2v) is 7.60. The molecular weight excluding hydrogens is 286 g/mol. The largest absolute Gasteiger partial charge is 0.369 e. The average Bonchev–Trinajstić information content (AvgIpc) is 2.70. The number of allylic oxidation sites excluding steroid dienone is 3. The van der Waals surface area contributed by atoms with E-state index in [-0.39, 0.29) is 11.2 Å². The Morgan fingerprint density at radius 3 is 3.00 bits per heavy atom. The molecule has 0 amide bonds. The van der Waals surface area contributed by atoms with E-state index in [9.17, 15) is 4.79 Å². The lowest BCUT2D eigenvalue weighted by atomic mass is 9.78. The molecule has 1 aliphatic carbocycles. The first-order valence-electron chi connectivity index (χ1n) is 8.63. The third-order valence-electron chi connectivity index (χ3n) is 4.85. The van der Waals surface area contributed by atoms with Crippen LogP contribution < -0.4 is 5.32 Å². The monoisotopic (exact) mass is 313 g/mol. The van der Waals surface area contributed by atoms with Gasteiger partial charge in [-0.2, -0.15) is 5.10 Å². The molecule has 0 fully saturated rings. The van der Waals surface area contributed by atoms with E-state index in [1.54, 1.807) is 13.1 Å². The van der Waals surface area contributed by atoms with Gasteiger partial charge in [0.1, 0.15) is 5.82 Å². The molecule has 0 aromatic carbocycles. The predicted octanol–water partition coefficient (Wildman–Crippen LogP) is 4.21. The first-order valence-corrected chi connectivity index (χ1v) is 8.63. The second-order valence-electron chi connectivity index (χ2n) is 7.60. The number of Topliss-reactive ketones (excluding diaryl/α,β-unsaturated/α-hetero) is 1. The normalized spacial score (nSPS) is 23.8. The van der Waals surface area contributed by atoms with E-state index in [4.69, 9.17) is 0 Å². The third-order valence-corrected chi connectivity index (χ3v) is 4.85. The Bertz CT molecular complexity index is 652. The van der Waals surface area contributed by atoms with Crippen molar-refractivity contribution in [3.8, 4) is 0 Å². The Hall–Kier alpha value is -1.84. The van der Waals surface area contributed by atoms with Crippen LogP contribution in [0.15, 0.2) is 30.0 Å². The van der Waals surface area contributed by atoms with Crippen molar-refractivity contribution in [1.29, 1.82) is 0 Å². The van der Waals surface area contributed by atoms with Gasteiger partial charge in [-0.15, -0.1) is 0 Å². The van der Waals surface area contributed by atoms with Crippen LogP contribution in [0.2, 0.25) is 0 Å². The number of hydrogen-bond acceptors (Lipinski definition) is 3. The molecule has 0 saturated carbocycles. The standard InChI is InChI=1S/C19H27N3O/c1-14(23)17-12-21-22-13-19(2,3)10-16(11-20-18(17)22)15-8-6-4-5-7-9-15/h6,8-9,12,16,20H,4-5,7,10-11,13H2,1-3H3/t16-/m0/s1. The van der Waals surface area contributed by atoms with Crippen molar-refractivity contribution in [1.82, 2.24) is 9.78 Å². The fraction of sp³-hybridized carbons (Fsp3) is 0.579. The summed E-state index contributed by atoms with van der Waals surface area (Å²) in [4.78, 5) is 11.9. The van der Waals surface area contributed by atoms with Gasteiger partial charge in [0.2, 0.25) is 0 Å². The number of nitrogens with zero attached hydrogens (tertiary/aromatic N) is 2. The summed E-state index contributed by atoms with van der Waals surface area (Å²) in [6.07, 6.45) is 13.4. The van der Waals surface area contributed by atoms with Crippen molar-refractivity contribution in [3.05, 3.63) is 35.6 Å². The maximum absolute atomic E-state index is 11.9. The number of carbonyl (C=O) groups is 1. The zero-order valence-electron chi connectivity index (χ0n) is 14.4. The van der Waals surface area contributed by atoms with Gasteiger partial charge in [-0.3, -0.25) is 4.79 Å². The topological polar surface area (TPSA) is 46.9 Å². The zero-order valence-corrected chi connectivity index (χ0v) is 14.4. The summed E-state index contributed by atoms with van der Waals surface area (Å²) in [6, 6.07) is 0.